The van der Waals surface area contributed by atoms with Gasteiger partial charge in [0.1, 0.15) is 9.71 Å². The van der Waals surface area contributed by atoms with Crippen molar-refractivity contribution in [3.63, 3.8) is 0 Å². The van der Waals surface area contributed by atoms with Crippen LogP contribution in [-0.2, 0) is 0 Å². The van der Waals surface area contributed by atoms with Crippen LogP contribution in [0, 0.1) is 19.8 Å². The topological polar surface area (TPSA) is 88.2 Å². The number of carbonyl (C=O) groups is 1. The molecule has 0 radical (unpaired) electrons. The van der Waals surface area contributed by atoms with Gasteiger partial charge >= 0.3 is 0 Å². The lowest BCUT2D eigenvalue weighted by atomic mass is 9.82. The summed E-state index contributed by atoms with van der Waals surface area (Å²) in [6, 6.07) is 1.98. The average Bonchev–Trinajstić information content (AvgIpc) is 2.70. The van der Waals surface area contributed by atoms with E-state index in [0.29, 0.717) is 23.0 Å². The number of nitrogens with one attached hydrogen (secondary N) is 1. The molecule has 0 atom stereocenters. The molecule has 3 rings (SSSR count). The fourth-order valence-electron chi connectivity index (χ4n) is 2.82. The number of nitrogens with zero attached hydrogens (tertiary/aromatic N) is 1. The smallest absolute Gasteiger partial charge is 0.263 e. The first-order chi connectivity index (χ1) is 9.95. The number of rotatable bonds is 3. The predicted octanol–water partition coefficient (Wildman–Crippen LogP) is 2.00. The van der Waals surface area contributed by atoms with Crippen molar-refractivity contribution < 1.29 is 9.90 Å². The molecule has 0 aromatic carbocycles. The SMILES string of the molecule is Cc1cc(C)c2c(N)c(C(=O)NCC3CC(O)C3)sc2n1. The van der Waals surface area contributed by atoms with Crippen molar-refractivity contribution >= 4 is 33.1 Å². The normalized spacial score (nSPS) is 21.3. The molecule has 4 N–H and O–H groups in total. The zero-order valence-corrected chi connectivity index (χ0v) is 13.0. The standard InChI is InChI=1S/C15H19N3O2S/c1-7-3-8(2)18-15-11(7)12(16)13(21-15)14(20)17-6-9-4-10(19)5-9/h3,9-10,19H,4-6,16H2,1-2H3,(H,17,20). The van der Waals surface area contributed by atoms with Crippen molar-refractivity contribution in [2.24, 2.45) is 5.92 Å². The maximum absolute atomic E-state index is 12.3. The van der Waals surface area contributed by atoms with Gasteiger partial charge in [0.05, 0.1) is 11.8 Å². The van der Waals surface area contributed by atoms with Gasteiger partial charge in [-0.1, -0.05) is 0 Å². The van der Waals surface area contributed by atoms with Gasteiger partial charge in [-0.25, -0.2) is 4.98 Å². The highest BCUT2D eigenvalue weighted by Crippen LogP contribution is 2.35. The van der Waals surface area contributed by atoms with Gasteiger partial charge in [0, 0.05) is 17.6 Å². The van der Waals surface area contributed by atoms with Gasteiger partial charge in [-0.3, -0.25) is 4.79 Å². The first-order valence-corrected chi connectivity index (χ1v) is 7.90. The molecule has 1 aliphatic carbocycles. The number of aliphatic hydroxyl groups excluding tert-OH is 1. The summed E-state index contributed by atoms with van der Waals surface area (Å²) >= 11 is 1.34. The lowest BCUT2D eigenvalue weighted by Gasteiger charge is -2.31. The third-order valence-electron chi connectivity index (χ3n) is 3.99. The van der Waals surface area contributed by atoms with Gasteiger partial charge in [0.15, 0.2) is 0 Å². The molecule has 0 unspecified atom stereocenters. The minimum Gasteiger partial charge on any atom is -0.397 e. The molecule has 1 fully saturated rings. The quantitative estimate of drug-likeness (QED) is 0.809. The van der Waals surface area contributed by atoms with Crippen LogP contribution in [0.2, 0.25) is 0 Å². The summed E-state index contributed by atoms with van der Waals surface area (Å²) in [7, 11) is 0. The number of aliphatic hydroxyl groups is 1. The molecule has 0 spiro atoms. The summed E-state index contributed by atoms with van der Waals surface area (Å²) in [6.07, 6.45) is 1.33. The fraction of sp³-hybridized carbons (Fsp3) is 0.467. The molecule has 5 nitrogen and oxygen atoms in total. The molecule has 1 aliphatic rings. The number of hydrogen-bond donors (Lipinski definition) is 3. The Bertz CT molecular complexity index is 704. The van der Waals surface area contributed by atoms with Crippen LogP contribution in [-0.4, -0.2) is 28.6 Å². The van der Waals surface area contributed by atoms with Crippen LogP contribution in [0.25, 0.3) is 10.2 Å². The maximum atomic E-state index is 12.3. The van der Waals surface area contributed by atoms with E-state index in [1.807, 2.05) is 19.9 Å². The Hall–Kier alpha value is -1.66. The highest BCUT2D eigenvalue weighted by molar-refractivity contribution is 7.21. The van der Waals surface area contributed by atoms with Crippen LogP contribution < -0.4 is 11.1 Å². The summed E-state index contributed by atoms with van der Waals surface area (Å²) < 4.78 is 0. The number of carbonyl (C=O) groups excluding carboxylic acids is 1. The molecule has 1 saturated carbocycles. The molecule has 0 saturated heterocycles. The third kappa shape index (κ3) is 2.61. The second-order valence-corrected chi connectivity index (χ2v) is 6.81. The highest BCUT2D eigenvalue weighted by Gasteiger charge is 2.28. The Morgan fingerprint density at radius 3 is 2.90 bits per heavy atom. The number of amides is 1. The highest BCUT2D eigenvalue weighted by atomic mass is 32.1. The van der Waals surface area contributed by atoms with Gasteiger partial charge in [-0.15, -0.1) is 11.3 Å². The third-order valence-corrected chi connectivity index (χ3v) is 5.09. The van der Waals surface area contributed by atoms with Gasteiger partial charge in [-0.05, 0) is 44.2 Å². The number of nitrogens with two attached hydrogens (primary N) is 1. The molecular weight excluding hydrogens is 286 g/mol. The van der Waals surface area contributed by atoms with E-state index in [2.05, 4.69) is 10.3 Å². The van der Waals surface area contributed by atoms with Crippen LogP contribution in [0.15, 0.2) is 6.07 Å². The van der Waals surface area contributed by atoms with E-state index in [-0.39, 0.29) is 12.0 Å². The molecule has 2 aromatic heterocycles. The molecule has 0 aliphatic heterocycles. The van der Waals surface area contributed by atoms with E-state index in [4.69, 9.17) is 5.73 Å². The number of aromatic nitrogens is 1. The zero-order chi connectivity index (χ0) is 15.1. The van der Waals surface area contributed by atoms with Gasteiger partial charge in [-0.2, -0.15) is 0 Å². The summed E-state index contributed by atoms with van der Waals surface area (Å²) in [5, 5.41) is 13.1. The van der Waals surface area contributed by atoms with E-state index in [0.717, 1.165) is 34.3 Å². The second-order valence-electron chi connectivity index (χ2n) is 5.81. The van der Waals surface area contributed by atoms with Crippen molar-refractivity contribution in [1.29, 1.82) is 0 Å². The second kappa shape index (κ2) is 5.27. The Labute approximate surface area is 127 Å². The van der Waals surface area contributed by atoms with Crippen molar-refractivity contribution in [2.45, 2.75) is 32.8 Å². The van der Waals surface area contributed by atoms with Crippen molar-refractivity contribution in [3.8, 4) is 0 Å². The molecular formula is C15H19N3O2S. The number of aryl methyl sites for hydroxylation is 2. The van der Waals surface area contributed by atoms with E-state index in [1.54, 1.807) is 0 Å². The Morgan fingerprint density at radius 2 is 2.24 bits per heavy atom. The fourth-order valence-corrected chi connectivity index (χ4v) is 3.96. The van der Waals surface area contributed by atoms with Crippen LogP contribution in [0.1, 0.15) is 33.8 Å². The average molecular weight is 305 g/mol. The molecule has 21 heavy (non-hydrogen) atoms. The van der Waals surface area contributed by atoms with E-state index in [9.17, 15) is 9.90 Å². The number of pyridine rings is 1. The number of thiophene rings is 1. The molecule has 6 heteroatoms. The van der Waals surface area contributed by atoms with Gasteiger partial charge < -0.3 is 16.2 Å². The Morgan fingerprint density at radius 1 is 1.52 bits per heavy atom. The first-order valence-electron chi connectivity index (χ1n) is 7.08. The lowest BCUT2D eigenvalue weighted by molar-refractivity contribution is 0.0420. The molecule has 2 heterocycles. The number of fused-ring (bicyclic) bond motifs is 1. The van der Waals surface area contributed by atoms with Crippen LogP contribution >= 0.6 is 11.3 Å². The zero-order valence-electron chi connectivity index (χ0n) is 12.1. The minimum atomic E-state index is -0.198. The van der Waals surface area contributed by atoms with E-state index in [1.165, 1.54) is 11.3 Å². The summed E-state index contributed by atoms with van der Waals surface area (Å²) in [4.78, 5) is 18.1. The largest absolute Gasteiger partial charge is 0.397 e. The monoisotopic (exact) mass is 305 g/mol. The molecule has 0 bridgehead atoms. The van der Waals surface area contributed by atoms with Crippen LogP contribution in [0.3, 0.4) is 0 Å². The van der Waals surface area contributed by atoms with Crippen molar-refractivity contribution in [1.82, 2.24) is 10.3 Å². The summed E-state index contributed by atoms with van der Waals surface area (Å²) in [6.45, 7) is 4.51. The number of nitrogen functional groups attached to an aromatic ring is 1. The van der Waals surface area contributed by atoms with E-state index >= 15 is 0 Å². The lowest BCUT2D eigenvalue weighted by Crippen LogP contribution is -2.38. The van der Waals surface area contributed by atoms with E-state index < -0.39 is 0 Å². The first kappa shape index (κ1) is 14.3. The summed E-state index contributed by atoms with van der Waals surface area (Å²) in [5.41, 5.74) is 8.63. The molecule has 112 valence electrons. The molecule has 2 aromatic rings. The number of hydrogen-bond acceptors (Lipinski definition) is 5. The van der Waals surface area contributed by atoms with Crippen molar-refractivity contribution in [2.75, 3.05) is 12.3 Å². The Balaban J connectivity index is 1.81. The Kier molecular flexibility index (Phi) is 3.59. The summed E-state index contributed by atoms with van der Waals surface area (Å²) in [5.74, 6) is 0.232. The minimum absolute atomic E-state index is 0.144. The maximum Gasteiger partial charge on any atom is 0.263 e. The van der Waals surface area contributed by atoms with Gasteiger partial charge in [0.25, 0.3) is 5.91 Å². The van der Waals surface area contributed by atoms with Crippen LogP contribution in [0.4, 0.5) is 5.69 Å². The van der Waals surface area contributed by atoms with Gasteiger partial charge in [0.2, 0.25) is 0 Å². The van der Waals surface area contributed by atoms with Crippen molar-refractivity contribution in [3.05, 3.63) is 22.2 Å². The number of anilines is 1. The van der Waals surface area contributed by atoms with Crippen LogP contribution in [0.5, 0.6) is 0 Å². The predicted molar refractivity (Wildman–Crippen MR) is 84.6 cm³/mol. The molecule has 1 amide bonds.